The van der Waals surface area contributed by atoms with E-state index in [1.807, 2.05) is 24.3 Å². The van der Waals surface area contributed by atoms with Crippen molar-refractivity contribution in [3.63, 3.8) is 0 Å². The fourth-order valence-corrected chi connectivity index (χ4v) is 5.10. The molecule has 1 saturated heterocycles. The van der Waals surface area contributed by atoms with Gasteiger partial charge in [0, 0.05) is 11.6 Å². The van der Waals surface area contributed by atoms with Crippen molar-refractivity contribution >= 4 is 44.8 Å². The van der Waals surface area contributed by atoms with E-state index in [-0.39, 0.29) is 22.4 Å². The second-order valence-electron chi connectivity index (χ2n) is 7.02. The Kier molecular flexibility index (Phi) is 7.65. The van der Waals surface area contributed by atoms with E-state index in [1.54, 1.807) is 0 Å². The standard InChI is InChI=1S/C20H23Cl3N2O2S/c21-17-5-3-4-15(12-17)16(8-11-25-9-1-2-10-25)14-24-28(26,27)18-6-7-19(22)20(23)13-18/h3-7,12-13,16,24H,1-2,8-11,14H2. The Hall–Kier alpha value is -0.820. The lowest BCUT2D eigenvalue weighted by Crippen LogP contribution is -2.31. The molecular weight excluding hydrogens is 439 g/mol. The van der Waals surface area contributed by atoms with E-state index >= 15 is 0 Å². The molecule has 1 atom stereocenters. The maximum absolute atomic E-state index is 12.7. The maximum Gasteiger partial charge on any atom is 0.240 e. The number of hydrogen-bond donors (Lipinski definition) is 1. The minimum Gasteiger partial charge on any atom is -0.303 e. The fourth-order valence-electron chi connectivity index (χ4n) is 3.43. The van der Waals surface area contributed by atoms with Gasteiger partial charge >= 0.3 is 0 Å². The fraction of sp³-hybridized carbons (Fsp3) is 0.400. The van der Waals surface area contributed by atoms with Gasteiger partial charge in [0.25, 0.3) is 0 Å². The molecule has 2 aromatic carbocycles. The molecule has 0 amide bonds. The highest BCUT2D eigenvalue weighted by molar-refractivity contribution is 7.89. The molecule has 0 aliphatic carbocycles. The van der Waals surface area contributed by atoms with Gasteiger partial charge in [0.2, 0.25) is 10.0 Å². The quantitative estimate of drug-likeness (QED) is 0.588. The molecule has 8 heteroatoms. The highest BCUT2D eigenvalue weighted by Crippen LogP contribution is 2.26. The van der Waals surface area contributed by atoms with E-state index in [2.05, 4.69) is 9.62 Å². The van der Waals surface area contributed by atoms with Crippen molar-refractivity contribution in [1.29, 1.82) is 0 Å². The highest BCUT2D eigenvalue weighted by Gasteiger charge is 2.21. The number of hydrogen-bond acceptors (Lipinski definition) is 3. The monoisotopic (exact) mass is 460 g/mol. The molecule has 28 heavy (non-hydrogen) atoms. The topological polar surface area (TPSA) is 49.4 Å². The van der Waals surface area contributed by atoms with Gasteiger partial charge in [-0.1, -0.05) is 46.9 Å². The molecule has 0 saturated carbocycles. The van der Waals surface area contributed by atoms with Gasteiger partial charge in [0.15, 0.2) is 0 Å². The lowest BCUT2D eigenvalue weighted by molar-refractivity contribution is 0.321. The van der Waals surface area contributed by atoms with E-state index in [1.165, 1.54) is 31.0 Å². The summed E-state index contributed by atoms with van der Waals surface area (Å²) in [4.78, 5) is 2.52. The predicted octanol–water partition coefficient (Wildman–Crippen LogP) is 5.19. The van der Waals surface area contributed by atoms with Crippen molar-refractivity contribution in [2.45, 2.75) is 30.1 Å². The second-order valence-corrected chi connectivity index (χ2v) is 10.0. The van der Waals surface area contributed by atoms with Gasteiger partial charge in [-0.05, 0) is 80.7 Å². The SMILES string of the molecule is O=S(=O)(NCC(CCN1CCCC1)c1cccc(Cl)c1)c1ccc(Cl)c(Cl)c1. The van der Waals surface area contributed by atoms with Gasteiger partial charge in [0.05, 0.1) is 14.9 Å². The Morgan fingerprint density at radius 1 is 1.00 bits per heavy atom. The van der Waals surface area contributed by atoms with E-state index < -0.39 is 10.0 Å². The number of rotatable bonds is 8. The minimum atomic E-state index is -3.69. The van der Waals surface area contributed by atoms with Crippen LogP contribution in [0.3, 0.4) is 0 Å². The summed E-state index contributed by atoms with van der Waals surface area (Å²) >= 11 is 18.0. The summed E-state index contributed by atoms with van der Waals surface area (Å²) in [6, 6.07) is 11.9. The third kappa shape index (κ3) is 5.85. The zero-order valence-corrected chi connectivity index (χ0v) is 18.5. The molecule has 1 fully saturated rings. The van der Waals surface area contributed by atoms with E-state index in [4.69, 9.17) is 34.8 Å². The minimum absolute atomic E-state index is 0.0249. The van der Waals surface area contributed by atoms with E-state index in [0.29, 0.717) is 10.0 Å². The van der Waals surface area contributed by atoms with Crippen LogP contribution in [0.25, 0.3) is 0 Å². The summed E-state index contributed by atoms with van der Waals surface area (Å²) in [6.45, 7) is 3.44. The molecule has 152 valence electrons. The first-order valence-corrected chi connectivity index (χ1v) is 11.9. The number of sulfonamides is 1. The van der Waals surface area contributed by atoms with Crippen LogP contribution in [0.1, 0.15) is 30.7 Å². The van der Waals surface area contributed by atoms with Gasteiger partial charge in [0.1, 0.15) is 0 Å². The van der Waals surface area contributed by atoms with Crippen molar-refractivity contribution in [1.82, 2.24) is 9.62 Å². The normalized spacial score (nSPS) is 16.4. The first-order chi connectivity index (χ1) is 13.3. The molecule has 0 radical (unpaired) electrons. The van der Waals surface area contributed by atoms with Gasteiger partial charge in [-0.2, -0.15) is 0 Å². The van der Waals surface area contributed by atoms with E-state index in [0.717, 1.165) is 31.6 Å². The molecule has 1 aliphatic rings. The average Bonchev–Trinajstić information content (AvgIpc) is 3.17. The highest BCUT2D eigenvalue weighted by atomic mass is 35.5. The number of nitrogens with zero attached hydrogens (tertiary/aromatic N) is 1. The van der Waals surface area contributed by atoms with Gasteiger partial charge < -0.3 is 4.90 Å². The smallest absolute Gasteiger partial charge is 0.240 e. The number of likely N-dealkylation sites (tertiary alicyclic amines) is 1. The van der Waals surface area contributed by atoms with Crippen LogP contribution in [0.2, 0.25) is 15.1 Å². The van der Waals surface area contributed by atoms with Gasteiger partial charge in [-0.15, -0.1) is 0 Å². The molecular formula is C20H23Cl3N2O2S. The average molecular weight is 462 g/mol. The molecule has 0 aromatic heterocycles. The molecule has 1 unspecified atom stereocenters. The van der Waals surface area contributed by atoms with Crippen molar-refractivity contribution < 1.29 is 8.42 Å². The number of benzene rings is 2. The van der Waals surface area contributed by atoms with Crippen LogP contribution in [0, 0.1) is 0 Å². The molecule has 3 rings (SSSR count). The van der Waals surface area contributed by atoms with Crippen LogP contribution in [-0.4, -0.2) is 39.5 Å². The number of nitrogens with one attached hydrogen (secondary N) is 1. The molecule has 4 nitrogen and oxygen atoms in total. The predicted molar refractivity (Wildman–Crippen MR) is 116 cm³/mol. The van der Waals surface area contributed by atoms with Crippen LogP contribution >= 0.6 is 34.8 Å². The second kappa shape index (κ2) is 9.79. The van der Waals surface area contributed by atoms with Crippen molar-refractivity contribution in [3.8, 4) is 0 Å². The first-order valence-electron chi connectivity index (χ1n) is 9.28. The summed E-state index contributed by atoms with van der Waals surface area (Å²) in [5, 5.41) is 1.18. The summed E-state index contributed by atoms with van der Waals surface area (Å²) in [5.41, 5.74) is 1.03. The largest absolute Gasteiger partial charge is 0.303 e. The van der Waals surface area contributed by atoms with Crippen LogP contribution in [-0.2, 0) is 10.0 Å². The third-order valence-corrected chi connectivity index (χ3v) is 7.43. The summed E-state index contributed by atoms with van der Waals surface area (Å²) in [6.07, 6.45) is 3.31. The van der Waals surface area contributed by atoms with Crippen molar-refractivity contribution in [2.75, 3.05) is 26.2 Å². The molecule has 0 spiro atoms. The Labute approximate surface area is 181 Å². The van der Waals surface area contributed by atoms with Crippen molar-refractivity contribution in [3.05, 3.63) is 63.1 Å². The molecule has 2 aromatic rings. The Morgan fingerprint density at radius 2 is 1.75 bits per heavy atom. The Morgan fingerprint density at radius 3 is 2.43 bits per heavy atom. The van der Waals surface area contributed by atoms with Gasteiger partial charge in [-0.3, -0.25) is 0 Å². The van der Waals surface area contributed by atoms with Gasteiger partial charge in [-0.25, -0.2) is 13.1 Å². The first kappa shape index (κ1) is 21.9. The van der Waals surface area contributed by atoms with Crippen LogP contribution in [0.5, 0.6) is 0 Å². The summed E-state index contributed by atoms with van der Waals surface area (Å²) in [7, 11) is -3.69. The zero-order chi connectivity index (χ0) is 20.1. The maximum atomic E-state index is 12.7. The Balaban J connectivity index is 1.73. The number of halogens is 3. The molecule has 1 heterocycles. The molecule has 1 aliphatic heterocycles. The van der Waals surface area contributed by atoms with Crippen molar-refractivity contribution in [2.24, 2.45) is 0 Å². The Bertz CT molecular complexity index is 915. The zero-order valence-electron chi connectivity index (χ0n) is 15.4. The summed E-state index contributed by atoms with van der Waals surface area (Å²) in [5.74, 6) is 0.0249. The molecule has 0 bridgehead atoms. The lowest BCUT2D eigenvalue weighted by Gasteiger charge is -2.22. The van der Waals surface area contributed by atoms with E-state index in [9.17, 15) is 8.42 Å². The molecule has 1 N–H and O–H groups in total. The van der Waals surface area contributed by atoms with Crippen LogP contribution in [0.4, 0.5) is 0 Å². The summed E-state index contributed by atoms with van der Waals surface area (Å²) < 4.78 is 28.1. The third-order valence-electron chi connectivity index (χ3n) is 5.03. The van der Waals surface area contributed by atoms with Crippen LogP contribution in [0.15, 0.2) is 47.4 Å². The lowest BCUT2D eigenvalue weighted by atomic mass is 9.95. The van der Waals surface area contributed by atoms with Crippen LogP contribution < -0.4 is 4.72 Å².